The Hall–Kier alpha value is -2.21. The molecule has 20 heteroatoms. The van der Waals surface area contributed by atoms with Crippen LogP contribution < -0.4 is 5.32 Å². The Labute approximate surface area is 186 Å². The molecule has 0 unspecified atom stereocenters. The number of hydrogen-bond acceptors (Lipinski definition) is 1. The molecule has 0 aliphatic rings. The van der Waals surface area contributed by atoms with E-state index in [4.69, 9.17) is 11.6 Å². The summed E-state index contributed by atoms with van der Waals surface area (Å²) in [6, 6.07) is 3.18. The smallest absolute Gasteiger partial charge is 0.319 e. The standard InChI is InChI=1S/C15H5ClF17NO/c16-5-3-1-2-4-6(5)34-7(35)8(17,18)9(19,20)10(21,22)11(23,24)12(25,26)13(27,28)14(29,30)15(31,32)33/h1-4H,(H,34,35). The third kappa shape index (κ3) is 4.22. The van der Waals surface area contributed by atoms with E-state index < -0.39 is 64.3 Å². The van der Waals surface area contributed by atoms with Crippen LogP contribution in [-0.4, -0.2) is 53.5 Å². The maximum absolute atomic E-state index is 13.8. The van der Waals surface area contributed by atoms with Crippen molar-refractivity contribution in [2.24, 2.45) is 0 Å². The monoisotopic (exact) mass is 573 g/mol. The number of hydrogen-bond donors (Lipinski definition) is 1. The lowest BCUT2D eigenvalue weighted by molar-refractivity contribution is -0.459. The van der Waals surface area contributed by atoms with Crippen molar-refractivity contribution in [3.63, 3.8) is 0 Å². The van der Waals surface area contributed by atoms with E-state index in [0.29, 0.717) is 11.4 Å². The summed E-state index contributed by atoms with van der Waals surface area (Å²) in [5.74, 6) is -61.9. The molecule has 1 aromatic carbocycles. The minimum absolute atomic E-state index is 0.537. The topological polar surface area (TPSA) is 29.1 Å². The average molecular weight is 574 g/mol. The SMILES string of the molecule is O=C(Nc1ccccc1Cl)C(F)(F)C(F)(F)C(F)(F)C(F)(F)C(F)(F)C(F)(F)C(F)(F)C(F)(F)F. The van der Waals surface area contributed by atoms with Gasteiger partial charge in [0, 0.05) is 0 Å². The summed E-state index contributed by atoms with van der Waals surface area (Å²) < 4.78 is 224. The van der Waals surface area contributed by atoms with Crippen molar-refractivity contribution in [2.45, 2.75) is 47.6 Å². The molecule has 1 aromatic rings. The van der Waals surface area contributed by atoms with Crippen LogP contribution in [0.2, 0.25) is 5.02 Å². The first-order chi connectivity index (χ1) is 15.2. The fourth-order valence-electron chi connectivity index (χ4n) is 2.07. The Morgan fingerprint density at radius 1 is 0.571 bits per heavy atom. The molecule has 202 valence electrons. The van der Waals surface area contributed by atoms with Crippen molar-refractivity contribution in [2.75, 3.05) is 5.32 Å². The number of rotatable bonds is 8. The Kier molecular flexibility index (Phi) is 7.42. The highest BCUT2D eigenvalue weighted by Crippen LogP contribution is 2.64. The van der Waals surface area contributed by atoms with E-state index in [1.807, 2.05) is 0 Å². The van der Waals surface area contributed by atoms with E-state index in [1.54, 1.807) is 0 Å². The molecule has 35 heavy (non-hydrogen) atoms. The number of carbonyl (C=O) groups is 1. The van der Waals surface area contributed by atoms with E-state index in [0.717, 1.165) is 18.2 Å². The molecular formula is C15H5ClF17NO. The van der Waals surface area contributed by atoms with Crippen molar-refractivity contribution in [1.29, 1.82) is 0 Å². The number of anilines is 1. The van der Waals surface area contributed by atoms with Gasteiger partial charge >= 0.3 is 53.5 Å². The minimum atomic E-state index is -8.76. The van der Waals surface area contributed by atoms with Crippen molar-refractivity contribution >= 4 is 23.2 Å². The van der Waals surface area contributed by atoms with Crippen LogP contribution in [0.3, 0.4) is 0 Å². The zero-order chi connectivity index (χ0) is 28.3. The third-order valence-corrected chi connectivity index (χ3v) is 4.46. The molecule has 0 aromatic heterocycles. The van der Waals surface area contributed by atoms with E-state index in [1.165, 1.54) is 0 Å². The van der Waals surface area contributed by atoms with Crippen LogP contribution in [0.1, 0.15) is 0 Å². The second-order valence-electron chi connectivity index (χ2n) is 6.45. The van der Waals surface area contributed by atoms with Gasteiger partial charge in [-0.2, -0.15) is 74.6 Å². The molecular weight excluding hydrogens is 569 g/mol. The van der Waals surface area contributed by atoms with Crippen LogP contribution in [-0.2, 0) is 4.79 Å². The first kappa shape index (κ1) is 30.8. The molecule has 1 amide bonds. The van der Waals surface area contributed by atoms with Gasteiger partial charge in [0.1, 0.15) is 0 Å². The highest BCUT2D eigenvalue weighted by atomic mass is 35.5. The summed E-state index contributed by atoms with van der Waals surface area (Å²) in [4.78, 5) is 11.4. The lowest BCUT2D eigenvalue weighted by Gasteiger charge is -2.42. The molecule has 0 spiro atoms. The van der Waals surface area contributed by atoms with Gasteiger partial charge in [-0.1, -0.05) is 23.7 Å². The predicted molar refractivity (Wildman–Crippen MR) is 80.8 cm³/mol. The number of para-hydroxylation sites is 1. The first-order valence-corrected chi connectivity index (χ1v) is 8.31. The summed E-state index contributed by atoms with van der Waals surface area (Å²) in [6.45, 7) is 0. The highest BCUT2D eigenvalue weighted by Gasteiger charge is 2.95. The Bertz CT molecular complexity index is 955. The molecule has 1 rings (SSSR count). The number of halogens is 18. The lowest BCUT2D eigenvalue weighted by atomic mass is 9.89. The molecule has 0 saturated heterocycles. The maximum Gasteiger partial charge on any atom is 0.460 e. The second-order valence-corrected chi connectivity index (χ2v) is 6.86. The minimum Gasteiger partial charge on any atom is -0.319 e. The van der Waals surface area contributed by atoms with Gasteiger partial charge in [-0.05, 0) is 12.1 Å². The van der Waals surface area contributed by atoms with Crippen LogP contribution in [0.5, 0.6) is 0 Å². The van der Waals surface area contributed by atoms with E-state index in [-0.39, 0.29) is 0 Å². The summed E-state index contributed by atoms with van der Waals surface area (Å²) in [5.41, 5.74) is -1.08. The summed E-state index contributed by atoms with van der Waals surface area (Å²) in [6.07, 6.45) is -7.84. The van der Waals surface area contributed by atoms with Gasteiger partial charge in [0.05, 0.1) is 10.7 Å². The Balaban J connectivity index is 3.60. The normalized spacial score (nSPS) is 15.3. The fraction of sp³-hybridized carbons (Fsp3) is 0.533. The maximum atomic E-state index is 13.8. The van der Waals surface area contributed by atoms with E-state index in [2.05, 4.69) is 0 Å². The zero-order valence-electron chi connectivity index (χ0n) is 15.5. The summed E-state index contributed by atoms with van der Waals surface area (Å²) >= 11 is 5.32. The van der Waals surface area contributed by atoms with Crippen LogP contribution in [0.4, 0.5) is 80.3 Å². The Morgan fingerprint density at radius 2 is 0.914 bits per heavy atom. The van der Waals surface area contributed by atoms with Crippen molar-refractivity contribution in [3.8, 4) is 0 Å². The molecule has 2 nitrogen and oxygen atoms in total. The molecule has 0 atom stereocenters. The average Bonchev–Trinajstić information content (AvgIpc) is 2.67. The van der Waals surface area contributed by atoms with Gasteiger partial charge < -0.3 is 5.32 Å². The molecule has 0 bridgehead atoms. The number of benzene rings is 1. The van der Waals surface area contributed by atoms with Crippen LogP contribution >= 0.6 is 11.6 Å². The molecule has 1 N–H and O–H groups in total. The number of nitrogens with one attached hydrogen (secondary N) is 1. The van der Waals surface area contributed by atoms with E-state index >= 15 is 0 Å². The molecule has 0 saturated carbocycles. The van der Waals surface area contributed by atoms with Crippen molar-refractivity contribution in [3.05, 3.63) is 29.3 Å². The molecule has 0 fully saturated rings. The van der Waals surface area contributed by atoms with Crippen molar-refractivity contribution < 1.29 is 79.4 Å². The zero-order valence-corrected chi connectivity index (χ0v) is 16.3. The number of carbonyl (C=O) groups excluding carboxylic acids is 1. The van der Waals surface area contributed by atoms with Crippen LogP contribution in [0.15, 0.2) is 24.3 Å². The molecule has 0 aliphatic heterocycles. The molecule has 0 aliphatic carbocycles. The van der Waals surface area contributed by atoms with Gasteiger partial charge in [-0.15, -0.1) is 0 Å². The first-order valence-electron chi connectivity index (χ1n) is 7.93. The van der Waals surface area contributed by atoms with Gasteiger partial charge in [0.25, 0.3) is 0 Å². The van der Waals surface area contributed by atoms with Crippen molar-refractivity contribution in [1.82, 2.24) is 0 Å². The lowest BCUT2D eigenvalue weighted by Crippen LogP contribution is -2.75. The van der Waals surface area contributed by atoms with Gasteiger partial charge in [-0.25, -0.2) is 0 Å². The largest absolute Gasteiger partial charge is 0.460 e. The van der Waals surface area contributed by atoms with Crippen LogP contribution in [0, 0.1) is 0 Å². The molecule has 0 heterocycles. The van der Waals surface area contributed by atoms with Gasteiger partial charge in [0.15, 0.2) is 0 Å². The summed E-state index contributed by atoms with van der Waals surface area (Å²) in [7, 11) is 0. The quantitative estimate of drug-likeness (QED) is 0.325. The van der Waals surface area contributed by atoms with Gasteiger partial charge in [-0.3, -0.25) is 4.79 Å². The molecule has 0 radical (unpaired) electrons. The van der Waals surface area contributed by atoms with E-state index in [9.17, 15) is 79.4 Å². The second kappa shape index (κ2) is 8.43. The fourth-order valence-corrected chi connectivity index (χ4v) is 2.25. The summed E-state index contributed by atoms with van der Waals surface area (Å²) in [5, 5.41) is -0.0564. The number of amides is 1. The highest BCUT2D eigenvalue weighted by molar-refractivity contribution is 6.33. The van der Waals surface area contributed by atoms with Gasteiger partial charge in [0.2, 0.25) is 0 Å². The Morgan fingerprint density at radius 3 is 1.29 bits per heavy atom. The predicted octanol–water partition coefficient (Wildman–Crippen LogP) is 7.29. The van der Waals surface area contributed by atoms with Crippen LogP contribution in [0.25, 0.3) is 0 Å². The third-order valence-electron chi connectivity index (χ3n) is 4.13. The number of alkyl halides is 17.